The third-order valence-electron chi connectivity index (χ3n) is 3.29. The smallest absolute Gasteiger partial charge is 0.417 e. The Balaban J connectivity index is 2.36. The van der Waals surface area contributed by atoms with Gasteiger partial charge in [0.1, 0.15) is 5.75 Å². The molecule has 0 saturated carbocycles. The van der Waals surface area contributed by atoms with Crippen molar-refractivity contribution in [1.82, 2.24) is 15.2 Å². The molecule has 0 spiro atoms. The third-order valence-corrected chi connectivity index (χ3v) is 3.29. The highest BCUT2D eigenvalue weighted by Gasteiger charge is 2.35. The van der Waals surface area contributed by atoms with Gasteiger partial charge in [0, 0.05) is 22.9 Å². The number of aromatic nitrogens is 3. The number of hydrogen-bond donors (Lipinski definition) is 1. The predicted molar refractivity (Wildman–Crippen MR) is 77.4 cm³/mol. The van der Waals surface area contributed by atoms with E-state index in [4.69, 9.17) is 0 Å². The van der Waals surface area contributed by atoms with Crippen LogP contribution >= 0.6 is 0 Å². The first-order valence-corrected chi connectivity index (χ1v) is 6.60. The van der Waals surface area contributed by atoms with Crippen LogP contribution in [0.2, 0.25) is 0 Å². The summed E-state index contributed by atoms with van der Waals surface area (Å²) < 4.78 is 40.2. The van der Waals surface area contributed by atoms with E-state index >= 15 is 0 Å². The monoisotopic (exact) mass is 317 g/mol. The topological polar surface area (TPSA) is 58.9 Å². The average molecular weight is 317 g/mol. The van der Waals surface area contributed by atoms with Crippen molar-refractivity contribution in [3.63, 3.8) is 0 Å². The van der Waals surface area contributed by atoms with E-state index in [-0.39, 0.29) is 28.1 Å². The zero-order valence-corrected chi connectivity index (χ0v) is 11.6. The normalized spacial score (nSPS) is 11.4. The quantitative estimate of drug-likeness (QED) is 0.778. The highest BCUT2D eigenvalue weighted by Crippen LogP contribution is 2.42. The van der Waals surface area contributed by atoms with Crippen molar-refractivity contribution in [3.05, 3.63) is 60.6 Å². The van der Waals surface area contributed by atoms with E-state index in [0.717, 1.165) is 12.3 Å². The number of alkyl halides is 3. The molecule has 0 saturated heterocycles. The van der Waals surface area contributed by atoms with E-state index in [1.54, 1.807) is 12.1 Å². The molecule has 0 unspecified atom stereocenters. The highest BCUT2D eigenvalue weighted by atomic mass is 19.4. The Morgan fingerprint density at radius 3 is 2.35 bits per heavy atom. The van der Waals surface area contributed by atoms with Crippen LogP contribution in [0, 0.1) is 0 Å². The lowest BCUT2D eigenvalue weighted by molar-refractivity contribution is -0.137. The van der Waals surface area contributed by atoms with Crippen LogP contribution in [-0.4, -0.2) is 20.3 Å². The average Bonchev–Trinajstić information content (AvgIpc) is 2.55. The van der Waals surface area contributed by atoms with Gasteiger partial charge in [0.2, 0.25) is 0 Å². The second kappa shape index (κ2) is 5.68. The van der Waals surface area contributed by atoms with Crippen LogP contribution < -0.4 is 0 Å². The van der Waals surface area contributed by atoms with E-state index < -0.39 is 11.7 Å². The Morgan fingerprint density at radius 2 is 1.70 bits per heavy atom. The molecule has 0 atom stereocenters. The number of hydrogen-bond acceptors (Lipinski definition) is 4. The fourth-order valence-corrected chi connectivity index (χ4v) is 2.31. The Bertz CT molecular complexity index is 835. The lowest BCUT2D eigenvalue weighted by Gasteiger charge is -2.16. The van der Waals surface area contributed by atoms with Crippen LogP contribution in [0.5, 0.6) is 5.75 Å². The summed E-state index contributed by atoms with van der Waals surface area (Å²) in [5.74, 6) is -0.150. The SMILES string of the molecule is Oc1ccccc1-c1nccc(C(F)(F)F)c1-c1ccnnc1. The van der Waals surface area contributed by atoms with Gasteiger partial charge in [0.05, 0.1) is 23.7 Å². The standard InChI is InChI=1S/C16H10F3N3O/c17-16(18,19)12-6-7-20-15(11-3-1-2-4-13(11)23)14(12)10-5-8-21-22-9-10/h1-9,23H. The first-order valence-electron chi connectivity index (χ1n) is 6.60. The summed E-state index contributed by atoms with van der Waals surface area (Å²) in [5.41, 5.74) is -0.523. The van der Waals surface area contributed by atoms with Crippen molar-refractivity contribution in [1.29, 1.82) is 0 Å². The summed E-state index contributed by atoms with van der Waals surface area (Å²) in [6.45, 7) is 0. The zero-order chi connectivity index (χ0) is 16.4. The number of nitrogens with zero attached hydrogens (tertiary/aromatic N) is 3. The fourth-order valence-electron chi connectivity index (χ4n) is 2.31. The molecule has 0 aliphatic carbocycles. The van der Waals surface area contributed by atoms with Gasteiger partial charge < -0.3 is 5.11 Å². The lowest BCUT2D eigenvalue weighted by Crippen LogP contribution is -2.09. The third kappa shape index (κ3) is 2.85. The Kier molecular flexibility index (Phi) is 3.69. The number of para-hydroxylation sites is 1. The first kappa shape index (κ1) is 15.0. The van der Waals surface area contributed by atoms with E-state index in [2.05, 4.69) is 15.2 Å². The predicted octanol–water partition coefficient (Wildman–Crippen LogP) is 3.93. The largest absolute Gasteiger partial charge is 0.507 e. The molecule has 0 fully saturated rings. The number of phenols is 1. The number of phenolic OH excluding ortho intramolecular Hbond substituents is 1. The molecule has 0 aliphatic heterocycles. The second-order valence-corrected chi connectivity index (χ2v) is 4.73. The van der Waals surface area contributed by atoms with E-state index in [9.17, 15) is 18.3 Å². The van der Waals surface area contributed by atoms with Gasteiger partial charge in [0.25, 0.3) is 0 Å². The Hall–Kier alpha value is -2.96. The molecule has 3 rings (SSSR count). The van der Waals surface area contributed by atoms with E-state index in [1.165, 1.54) is 30.6 Å². The minimum atomic E-state index is -4.57. The second-order valence-electron chi connectivity index (χ2n) is 4.73. The molecule has 7 heteroatoms. The van der Waals surface area contributed by atoms with Gasteiger partial charge in [-0.15, -0.1) is 0 Å². The lowest BCUT2D eigenvalue weighted by atomic mass is 9.95. The van der Waals surface area contributed by atoms with Crippen LogP contribution in [-0.2, 0) is 6.18 Å². The van der Waals surface area contributed by atoms with Gasteiger partial charge in [-0.1, -0.05) is 12.1 Å². The maximum Gasteiger partial charge on any atom is 0.417 e. The summed E-state index contributed by atoms with van der Waals surface area (Å²) in [4.78, 5) is 4.05. The van der Waals surface area contributed by atoms with Gasteiger partial charge in [0.15, 0.2) is 0 Å². The van der Waals surface area contributed by atoms with Gasteiger partial charge in [-0.05, 0) is 24.3 Å². The summed E-state index contributed by atoms with van der Waals surface area (Å²) >= 11 is 0. The molecule has 2 heterocycles. The minimum absolute atomic E-state index is 0.0333. The van der Waals surface area contributed by atoms with E-state index in [1.807, 2.05) is 0 Å². The van der Waals surface area contributed by atoms with Gasteiger partial charge >= 0.3 is 6.18 Å². The highest BCUT2D eigenvalue weighted by molar-refractivity contribution is 5.85. The molecular weight excluding hydrogens is 307 g/mol. The molecule has 4 nitrogen and oxygen atoms in total. The van der Waals surface area contributed by atoms with Gasteiger partial charge in [-0.25, -0.2) is 0 Å². The van der Waals surface area contributed by atoms with Crippen LogP contribution in [0.1, 0.15) is 5.56 Å². The molecule has 3 aromatic rings. The summed E-state index contributed by atoms with van der Waals surface area (Å²) in [5, 5.41) is 17.2. The summed E-state index contributed by atoms with van der Waals surface area (Å²) in [6.07, 6.45) is -0.962. The van der Waals surface area contributed by atoms with Gasteiger partial charge in [-0.2, -0.15) is 23.4 Å². The summed E-state index contributed by atoms with van der Waals surface area (Å²) in [6, 6.07) is 8.43. The minimum Gasteiger partial charge on any atom is -0.507 e. The maximum absolute atomic E-state index is 13.4. The van der Waals surface area contributed by atoms with Crippen molar-refractivity contribution in [2.45, 2.75) is 6.18 Å². The maximum atomic E-state index is 13.4. The molecule has 0 radical (unpaired) electrons. The van der Waals surface area contributed by atoms with Crippen molar-refractivity contribution >= 4 is 0 Å². The van der Waals surface area contributed by atoms with Crippen LogP contribution in [0.4, 0.5) is 13.2 Å². The molecule has 23 heavy (non-hydrogen) atoms. The van der Waals surface area contributed by atoms with Crippen molar-refractivity contribution in [2.24, 2.45) is 0 Å². The molecular formula is C16H10F3N3O. The molecule has 1 aromatic carbocycles. The molecule has 0 bridgehead atoms. The van der Waals surface area contributed by atoms with E-state index in [0.29, 0.717) is 0 Å². The molecule has 0 amide bonds. The number of halogens is 3. The number of rotatable bonds is 2. The number of pyridine rings is 1. The van der Waals surface area contributed by atoms with Crippen molar-refractivity contribution in [3.8, 4) is 28.1 Å². The first-order chi connectivity index (χ1) is 11.0. The molecule has 0 aliphatic rings. The fraction of sp³-hybridized carbons (Fsp3) is 0.0625. The molecule has 2 aromatic heterocycles. The van der Waals surface area contributed by atoms with Crippen molar-refractivity contribution < 1.29 is 18.3 Å². The molecule has 116 valence electrons. The van der Waals surface area contributed by atoms with Crippen molar-refractivity contribution in [2.75, 3.05) is 0 Å². The van der Waals surface area contributed by atoms with Crippen LogP contribution in [0.25, 0.3) is 22.4 Å². The molecule has 1 N–H and O–H groups in total. The number of aromatic hydroxyl groups is 1. The van der Waals surface area contributed by atoms with Crippen LogP contribution in [0.3, 0.4) is 0 Å². The Labute approximate surface area is 129 Å². The van der Waals surface area contributed by atoms with Crippen LogP contribution in [0.15, 0.2) is 55.0 Å². The van der Waals surface area contributed by atoms with Gasteiger partial charge in [-0.3, -0.25) is 4.98 Å². The zero-order valence-electron chi connectivity index (χ0n) is 11.6. The Morgan fingerprint density at radius 1 is 0.913 bits per heavy atom. The summed E-state index contributed by atoms with van der Waals surface area (Å²) in [7, 11) is 0. The number of benzene rings is 1.